The number of anilines is 1. The molecule has 1 aliphatic carbocycles. The number of amides is 1. The van der Waals surface area contributed by atoms with Gasteiger partial charge in [-0.3, -0.25) is 9.78 Å². The fourth-order valence-corrected chi connectivity index (χ4v) is 3.49. The fourth-order valence-electron chi connectivity index (χ4n) is 3.49. The van der Waals surface area contributed by atoms with Gasteiger partial charge < -0.3 is 10.6 Å². The molecular weight excluding hydrogens is 431 g/mol. The lowest BCUT2D eigenvalue weighted by Crippen LogP contribution is -2.39. The van der Waals surface area contributed by atoms with E-state index in [2.05, 4.69) is 25.8 Å². The molecule has 9 heteroatoms. The van der Waals surface area contributed by atoms with Gasteiger partial charge in [-0.1, -0.05) is 0 Å². The Morgan fingerprint density at radius 3 is 2.64 bits per heavy atom. The SMILES string of the molecule is O=C(NC1CCC1)c1ccc(F)c(-c2ccc(NCC[C@H](F)Cc3ncccc3F)nn2)c1. The van der Waals surface area contributed by atoms with Crippen LogP contribution in [0.3, 0.4) is 0 Å². The van der Waals surface area contributed by atoms with Crippen LogP contribution in [0.5, 0.6) is 0 Å². The van der Waals surface area contributed by atoms with E-state index in [9.17, 15) is 18.0 Å². The minimum absolute atomic E-state index is 0.0970. The monoisotopic (exact) mass is 455 g/mol. The first-order valence-electron chi connectivity index (χ1n) is 10.9. The summed E-state index contributed by atoms with van der Waals surface area (Å²) in [4.78, 5) is 16.2. The standard InChI is InChI=1S/C24H24F3N5O/c25-16(14-22-20(27)5-2-11-28-22)10-12-29-23-9-8-21(31-32-23)18-13-15(6-7-19(18)26)24(33)30-17-3-1-4-17/h2,5-9,11,13,16-17H,1,3-4,10,12,14H2,(H,29,32)(H,30,33)/t16-/m0/s1. The molecule has 172 valence electrons. The summed E-state index contributed by atoms with van der Waals surface area (Å²) in [6, 6.07) is 10.2. The van der Waals surface area contributed by atoms with Crippen molar-refractivity contribution in [1.82, 2.24) is 20.5 Å². The third kappa shape index (κ3) is 5.85. The molecule has 2 N–H and O–H groups in total. The summed E-state index contributed by atoms with van der Waals surface area (Å²) >= 11 is 0. The lowest BCUT2D eigenvalue weighted by atomic mass is 9.93. The zero-order valence-electron chi connectivity index (χ0n) is 17.9. The van der Waals surface area contributed by atoms with E-state index in [1.165, 1.54) is 36.5 Å². The van der Waals surface area contributed by atoms with Crippen molar-refractivity contribution in [2.24, 2.45) is 0 Å². The molecule has 6 nitrogen and oxygen atoms in total. The van der Waals surface area contributed by atoms with Gasteiger partial charge in [0.25, 0.3) is 5.91 Å². The summed E-state index contributed by atoms with van der Waals surface area (Å²) in [7, 11) is 0. The molecule has 2 aromatic heterocycles. The van der Waals surface area contributed by atoms with Gasteiger partial charge in [-0.15, -0.1) is 10.2 Å². The third-order valence-corrected chi connectivity index (χ3v) is 5.62. The predicted molar refractivity (Wildman–Crippen MR) is 118 cm³/mol. The van der Waals surface area contributed by atoms with Gasteiger partial charge in [-0.25, -0.2) is 13.2 Å². The Kier molecular flexibility index (Phi) is 7.16. The van der Waals surface area contributed by atoms with Crippen molar-refractivity contribution >= 4 is 11.7 Å². The minimum atomic E-state index is -1.27. The Balaban J connectivity index is 1.32. The molecule has 0 radical (unpaired) electrons. The number of carbonyl (C=O) groups excluding carboxylic acids is 1. The van der Waals surface area contributed by atoms with Crippen molar-refractivity contribution < 1.29 is 18.0 Å². The van der Waals surface area contributed by atoms with Crippen molar-refractivity contribution in [3.8, 4) is 11.3 Å². The summed E-state index contributed by atoms with van der Waals surface area (Å²) in [6.45, 7) is 0.259. The van der Waals surface area contributed by atoms with Crippen LogP contribution in [-0.2, 0) is 6.42 Å². The molecule has 2 heterocycles. The van der Waals surface area contributed by atoms with Gasteiger partial charge in [0.05, 0.1) is 11.4 Å². The maximum absolute atomic E-state index is 14.4. The van der Waals surface area contributed by atoms with E-state index in [-0.39, 0.29) is 48.3 Å². The van der Waals surface area contributed by atoms with E-state index in [0.717, 1.165) is 19.3 Å². The summed E-state index contributed by atoms with van der Waals surface area (Å²) in [5.41, 5.74) is 0.919. The molecular formula is C24H24F3N5O. The number of halogens is 3. The van der Waals surface area contributed by atoms with Gasteiger partial charge in [-0.05, 0) is 68.1 Å². The molecule has 0 aliphatic heterocycles. The summed E-state index contributed by atoms with van der Waals surface area (Å²) in [5, 5.41) is 13.9. The van der Waals surface area contributed by atoms with E-state index < -0.39 is 17.8 Å². The van der Waals surface area contributed by atoms with Gasteiger partial charge in [-0.2, -0.15) is 0 Å². The Labute approximate surface area is 189 Å². The van der Waals surface area contributed by atoms with Gasteiger partial charge in [0.1, 0.15) is 23.6 Å². The Hall–Kier alpha value is -3.49. The van der Waals surface area contributed by atoms with Crippen molar-refractivity contribution in [3.05, 3.63) is 71.6 Å². The van der Waals surface area contributed by atoms with Crippen LogP contribution in [0.4, 0.5) is 19.0 Å². The maximum Gasteiger partial charge on any atom is 0.251 e. The van der Waals surface area contributed by atoms with Crippen LogP contribution in [0.1, 0.15) is 41.7 Å². The van der Waals surface area contributed by atoms with Crippen molar-refractivity contribution in [1.29, 1.82) is 0 Å². The molecule has 0 unspecified atom stereocenters. The molecule has 3 aromatic rings. The largest absolute Gasteiger partial charge is 0.368 e. The zero-order chi connectivity index (χ0) is 23.2. The number of carbonyl (C=O) groups is 1. The van der Waals surface area contributed by atoms with Crippen LogP contribution in [0.25, 0.3) is 11.3 Å². The van der Waals surface area contributed by atoms with Crippen LogP contribution < -0.4 is 10.6 Å². The quantitative estimate of drug-likeness (QED) is 0.497. The van der Waals surface area contributed by atoms with Crippen LogP contribution in [0.2, 0.25) is 0 Å². The molecule has 4 rings (SSSR count). The molecule has 1 aliphatic rings. The molecule has 0 bridgehead atoms. The van der Waals surface area contributed by atoms with E-state index in [4.69, 9.17) is 0 Å². The van der Waals surface area contributed by atoms with Gasteiger partial charge in [0.2, 0.25) is 0 Å². The smallest absolute Gasteiger partial charge is 0.251 e. The van der Waals surface area contributed by atoms with E-state index in [0.29, 0.717) is 11.4 Å². The molecule has 1 atom stereocenters. The number of alkyl halides is 1. The number of nitrogens with one attached hydrogen (secondary N) is 2. The molecule has 1 saturated carbocycles. The zero-order valence-corrected chi connectivity index (χ0v) is 17.9. The van der Waals surface area contributed by atoms with E-state index in [1.54, 1.807) is 12.1 Å². The summed E-state index contributed by atoms with van der Waals surface area (Å²) in [6.07, 6.45) is 3.21. The van der Waals surface area contributed by atoms with Crippen molar-refractivity contribution in [2.45, 2.75) is 44.3 Å². The highest BCUT2D eigenvalue weighted by atomic mass is 19.1. The number of pyridine rings is 1. The molecule has 1 fully saturated rings. The predicted octanol–water partition coefficient (Wildman–Crippen LogP) is 4.48. The van der Waals surface area contributed by atoms with Gasteiger partial charge >= 0.3 is 0 Å². The second-order valence-corrected chi connectivity index (χ2v) is 8.05. The molecule has 1 aromatic carbocycles. The van der Waals surface area contributed by atoms with Gasteiger partial charge in [0, 0.05) is 36.3 Å². The van der Waals surface area contributed by atoms with Crippen LogP contribution in [0.15, 0.2) is 48.7 Å². The van der Waals surface area contributed by atoms with Gasteiger partial charge in [0.15, 0.2) is 0 Å². The summed E-state index contributed by atoms with van der Waals surface area (Å²) in [5.74, 6) is -0.869. The molecule has 1 amide bonds. The average Bonchev–Trinajstić information content (AvgIpc) is 2.78. The molecule has 33 heavy (non-hydrogen) atoms. The average molecular weight is 455 g/mol. The molecule has 0 spiro atoms. The second-order valence-electron chi connectivity index (χ2n) is 8.05. The number of nitrogens with zero attached hydrogens (tertiary/aromatic N) is 3. The maximum atomic E-state index is 14.4. The number of benzene rings is 1. The number of hydrogen-bond acceptors (Lipinski definition) is 5. The molecule has 0 saturated heterocycles. The highest BCUT2D eigenvalue weighted by Gasteiger charge is 2.21. The first-order chi connectivity index (χ1) is 16.0. The van der Waals surface area contributed by atoms with Crippen molar-refractivity contribution in [2.75, 3.05) is 11.9 Å². The fraction of sp³-hybridized carbons (Fsp3) is 0.333. The minimum Gasteiger partial charge on any atom is -0.368 e. The van der Waals surface area contributed by atoms with E-state index in [1.807, 2.05) is 0 Å². The Morgan fingerprint density at radius 2 is 1.94 bits per heavy atom. The first-order valence-corrected chi connectivity index (χ1v) is 10.9. The topological polar surface area (TPSA) is 79.8 Å². The number of aromatic nitrogens is 3. The highest BCUT2D eigenvalue weighted by molar-refractivity contribution is 5.95. The van der Waals surface area contributed by atoms with Crippen LogP contribution in [-0.4, -0.2) is 39.8 Å². The Bertz CT molecular complexity index is 1110. The van der Waals surface area contributed by atoms with E-state index >= 15 is 0 Å². The Morgan fingerprint density at radius 1 is 1.09 bits per heavy atom. The third-order valence-electron chi connectivity index (χ3n) is 5.62. The number of rotatable bonds is 9. The first kappa shape index (κ1) is 22.7. The second kappa shape index (κ2) is 10.4. The lowest BCUT2D eigenvalue weighted by molar-refractivity contribution is 0.0917. The number of hydrogen-bond donors (Lipinski definition) is 2. The highest BCUT2D eigenvalue weighted by Crippen LogP contribution is 2.24. The van der Waals surface area contributed by atoms with Crippen LogP contribution in [0, 0.1) is 11.6 Å². The lowest BCUT2D eigenvalue weighted by Gasteiger charge is -2.26. The summed E-state index contributed by atoms with van der Waals surface area (Å²) < 4.78 is 42.1. The van der Waals surface area contributed by atoms with Crippen LogP contribution >= 0.6 is 0 Å². The van der Waals surface area contributed by atoms with Crippen molar-refractivity contribution in [3.63, 3.8) is 0 Å². The normalized spacial score (nSPS) is 14.4.